The molecular formula is C18H21N3O3. The first kappa shape index (κ1) is 16.2. The number of nitrogens with one attached hydrogen (secondary N) is 1. The van der Waals surface area contributed by atoms with Gasteiger partial charge in [-0.2, -0.15) is 0 Å². The number of anilines is 1. The van der Waals surface area contributed by atoms with Gasteiger partial charge in [-0.05, 0) is 18.1 Å². The number of benzene rings is 1. The highest BCUT2D eigenvalue weighted by molar-refractivity contribution is 5.79. The molecule has 0 radical (unpaired) electrons. The average molecular weight is 327 g/mol. The molecule has 2 unspecified atom stereocenters. The number of carbonyl (C=O) groups is 1. The Kier molecular flexibility index (Phi) is 4.64. The molecule has 126 valence electrons. The van der Waals surface area contributed by atoms with Gasteiger partial charge in [-0.25, -0.2) is 14.8 Å². The van der Waals surface area contributed by atoms with Crippen molar-refractivity contribution in [3.8, 4) is 17.0 Å². The van der Waals surface area contributed by atoms with Crippen LogP contribution in [0.15, 0.2) is 30.6 Å². The maximum atomic E-state index is 11.6. The summed E-state index contributed by atoms with van der Waals surface area (Å²) in [4.78, 5) is 20.3. The van der Waals surface area contributed by atoms with E-state index in [-0.39, 0.29) is 5.92 Å². The average Bonchev–Trinajstić information content (AvgIpc) is 2.78. The van der Waals surface area contributed by atoms with Crippen LogP contribution >= 0.6 is 0 Å². The van der Waals surface area contributed by atoms with E-state index in [9.17, 15) is 9.90 Å². The molecule has 1 aliphatic rings. The second kappa shape index (κ2) is 6.86. The highest BCUT2D eigenvalue weighted by Crippen LogP contribution is 2.36. The lowest BCUT2D eigenvalue weighted by Gasteiger charge is -2.22. The summed E-state index contributed by atoms with van der Waals surface area (Å²) in [6.07, 6.45) is 2.86. The Balaban J connectivity index is 2.02. The van der Waals surface area contributed by atoms with Crippen LogP contribution in [0.1, 0.15) is 25.8 Å². The summed E-state index contributed by atoms with van der Waals surface area (Å²) in [5.74, 6) is 0.482. The van der Waals surface area contributed by atoms with E-state index in [0.717, 1.165) is 29.0 Å². The van der Waals surface area contributed by atoms with Gasteiger partial charge in [0.2, 0.25) is 0 Å². The van der Waals surface area contributed by atoms with Crippen molar-refractivity contribution in [3.63, 3.8) is 0 Å². The number of aromatic nitrogens is 2. The molecule has 1 aromatic heterocycles. The van der Waals surface area contributed by atoms with Crippen molar-refractivity contribution in [1.82, 2.24) is 9.97 Å². The van der Waals surface area contributed by atoms with E-state index >= 15 is 0 Å². The molecule has 0 aliphatic carbocycles. The van der Waals surface area contributed by atoms with Gasteiger partial charge in [-0.3, -0.25) is 0 Å². The molecule has 2 atom stereocenters. The number of hydrogen-bond acceptors (Lipinski definition) is 5. The quantitative estimate of drug-likeness (QED) is 0.878. The number of carboxylic acids is 1. The number of nitrogens with zero attached hydrogens (tertiary/aromatic N) is 2. The zero-order chi connectivity index (χ0) is 17.1. The lowest BCUT2D eigenvalue weighted by molar-refractivity contribution is -0.139. The molecule has 3 rings (SSSR count). The SMILES string of the molecule is CCC(C)C(Nc1ncnc2c1CCOc1ccccc1-2)C(=O)O. The minimum atomic E-state index is -0.873. The molecule has 0 saturated heterocycles. The Hall–Kier alpha value is -2.63. The molecule has 0 saturated carbocycles. The van der Waals surface area contributed by atoms with Crippen LogP contribution in [-0.2, 0) is 11.2 Å². The van der Waals surface area contributed by atoms with Crippen molar-refractivity contribution in [1.29, 1.82) is 0 Å². The number of rotatable bonds is 5. The third kappa shape index (κ3) is 3.04. The van der Waals surface area contributed by atoms with E-state index in [1.807, 2.05) is 38.1 Å². The first-order valence-corrected chi connectivity index (χ1v) is 8.17. The lowest BCUT2D eigenvalue weighted by Crippen LogP contribution is -2.36. The van der Waals surface area contributed by atoms with Crippen molar-refractivity contribution in [2.24, 2.45) is 5.92 Å². The predicted molar refractivity (Wildman–Crippen MR) is 91.2 cm³/mol. The minimum absolute atomic E-state index is 0.0116. The fourth-order valence-corrected chi connectivity index (χ4v) is 2.89. The summed E-state index contributed by atoms with van der Waals surface area (Å²) in [5.41, 5.74) is 2.61. The monoisotopic (exact) mass is 327 g/mol. The molecular weight excluding hydrogens is 306 g/mol. The van der Waals surface area contributed by atoms with Crippen molar-refractivity contribution < 1.29 is 14.6 Å². The zero-order valence-electron chi connectivity index (χ0n) is 13.8. The van der Waals surface area contributed by atoms with Gasteiger partial charge in [-0.1, -0.05) is 32.4 Å². The first-order valence-electron chi connectivity index (χ1n) is 8.17. The van der Waals surface area contributed by atoms with Crippen LogP contribution in [-0.4, -0.2) is 33.7 Å². The third-order valence-corrected chi connectivity index (χ3v) is 4.47. The molecule has 0 bridgehead atoms. The number of carboxylic acid groups (broad SMARTS) is 1. The van der Waals surface area contributed by atoms with Crippen LogP contribution < -0.4 is 10.1 Å². The van der Waals surface area contributed by atoms with E-state index < -0.39 is 12.0 Å². The number of para-hydroxylation sites is 1. The van der Waals surface area contributed by atoms with Gasteiger partial charge in [0.1, 0.15) is 23.9 Å². The smallest absolute Gasteiger partial charge is 0.326 e. The highest BCUT2D eigenvalue weighted by Gasteiger charge is 2.27. The fraction of sp³-hybridized carbons (Fsp3) is 0.389. The summed E-state index contributed by atoms with van der Waals surface area (Å²) in [5, 5.41) is 12.6. The topological polar surface area (TPSA) is 84.3 Å². The number of fused-ring (bicyclic) bond motifs is 3. The first-order chi connectivity index (χ1) is 11.6. The largest absolute Gasteiger partial charge is 0.493 e. The van der Waals surface area contributed by atoms with Crippen molar-refractivity contribution in [3.05, 3.63) is 36.2 Å². The Bertz CT molecular complexity index is 748. The Morgan fingerprint density at radius 2 is 2.17 bits per heavy atom. The van der Waals surface area contributed by atoms with E-state index in [4.69, 9.17) is 4.74 Å². The molecule has 0 spiro atoms. The van der Waals surface area contributed by atoms with Crippen LogP contribution in [0, 0.1) is 5.92 Å². The maximum absolute atomic E-state index is 11.6. The molecule has 2 N–H and O–H groups in total. The molecule has 1 aromatic carbocycles. The van der Waals surface area contributed by atoms with E-state index in [2.05, 4.69) is 15.3 Å². The standard InChI is InChI=1S/C18H21N3O3/c1-3-11(2)15(18(22)23)21-17-13-8-9-24-14-7-5-4-6-12(14)16(13)19-10-20-17/h4-7,10-11,15H,3,8-9H2,1-2H3,(H,22,23)(H,19,20,21). The van der Waals surface area contributed by atoms with Gasteiger partial charge in [-0.15, -0.1) is 0 Å². The molecule has 1 aliphatic heterocycles. The van der Waals surface area contributed by atoms with Crippen LogP contribution in [0.3, 0.4) is 0 Å². The molecule has 24 heavy (non-hydrogen) atoms. The highest BCUT2D eigenvalue weighted by atomic mass is 16.5. The second-order valence-electron chi connectivity index (χ2n) is 5.99. The molecule has 0 fully saturated rings. The maximum Gasteiger partial charge on any atom is 0.326 e. The molecule has 6 nitrogen and oxygen atoms in total. The molecule has 6 heteroatoms. The van der Waals surface area contributed by atoms with E-state index in [1.54, 1.807) is 0 Å². The van der Waals surface area contributed by atoms with E-state index in [0.29, 0.717) is 18.8 Å². The zero-order valence-corrected chi connectivity index (χ0v) is 13.8. The van der Waals surface area contributed by atoms with Crippen molar-refractivity contribution >= 4 is 11.8 Å². The summed E-state index contributed by atoms with van der Waals surface area (Å²) in [6, 6.07) is 7.05. The molecule has 0 amide bonds. The van der Waals surface area contributed by atoms with Gasteiger partial charge in [0.05, 0.1) is 12.3 Å². The number of aliphatic carboxylic acids is 1. The number of hydrogen-bond donors (Lipinski definition) is 2. The lowest BCUT2D eigenvalue weighted by atomic mass is 9.98. The second-order valence-corrected chi connectivity index (χ2v) is 5.99. The molecule has 2 heterocycles. The summed E-state index contributed by atoms with van der Waals surface area (Å²) >= 11 is 0. The molecule has 2 aromatic rings. The van der Waals surface area contributed by atoms with Crippen LogP contribution in [0.25, 0.3) is 11.3 Å². The van der Waals surface area contributed by atoms with Crippen molar-refractivity contribution in [2.45, 2.75) is 32.7 Å². The van der Waals surface area contributed by atoms with Crippen LogP contribution in [0.4, 0.5) is 5.82 Å². The Morgan fingerprint density at radius 3 is 2.92 bits per heavy atom. The predicted octanol–water partition coefficient (Wildman–Crippen LogP) is 2.99. The fourth-order valence-electron chi connectivity index (χ4n) is 2.89. The van der Waals surface area contributed by atoms with Gasteiger partial charge >= 0.3 is 5.97 Å². The van der Waals surface area contributed by atoms with Gasteiger partial charge in [0, 0.05) is 17.5 Å². The van der Waals surface area contributed by atoms with Gasteiger partial charge < -0.3 is 15.2 Å². The summed E-state index contributed by atoms with van der Waals surface area (Å²) < 4.78 is 5.80. The van der Waals surface area contributed by atoms with Crippen LogP contribution in [0.2, 0.25) is 0 Å². The Labute approximate surface area is 140 Å². The van der Waals surface area contributed by atoms with Gasteiger partial charge in [0.15, 0.2) is 0 Å². The van der Waals surface area contributed by atoms with Crippen molar-refractivity contribution in [2.75, 3.05) is 11.9 Å². The van der Waals surface area contributed by atoms with Crippen LogP contribution in [0.5, 0.6) is 5.75 Å². The number of ether oxygens (including phenoxy) is 1. The Morgan fingerprint density at radius 1 is 1.38 bits per heavy atom. The third-order valence-electron chi connectivity index (χ3n) is 4.47. The van der Waals surface area contributed by atoms with E-state index in [1.165, 1.54) is 6.33 Å². The normalized spacial score (nSPS) is 15.2. The summed E-state index contributed by atoms with van der Waals surface area (Å²) in [6.45, 7) is 4.41. The minimum Gasteiger partial charge on any atom is -0.493 e. The summed E-state index contributed by atoms with van der Waals surface area (Å²) in [7, 11) is 0. The van der Waals surface area contributed by atoms with Gasteiger partial charge in [0.25, 0.3) is 0 Å².